The molecule has 0 aliphatic carbocycles. The highest BCUT2D eigenvalue weighted by Gasteiger charge is 2.19. The van der Waals surface area contributed by atoms with E-state index in [0.29, 0.717) is 15.8 Å². The molecule has 0 saturated heterocycles. The number of nitro groups is 1. The van der Waals surface area contributed by atoms with Crippen LogP contribution in [0, 0.1) is 17.0 Å². The van der Waals surface area contributed by atoms with Crippen molar-refractivity contribution in [2.45, 2.75) is 20.0 Å². The van der Waals surface area contributed by atoms with Crippen molar-refractivity contribution in [1.82, 2.24) is 0 Å². The van der Waals surface area contributed by atoms with Crippen molar-refractivity contribution in [2.24, 2.45) is 0 Å². The van der Waals surface area contributed by atoms with Gasteiger partial charge in [0.1, 0.15) is 5.75 Å². The molecule has 2 rings (SSSR count). The SMILES string of the molecule is Cc1cccc([N+](=O)[O-])c1Oc1ccc([C@@H](C)O)cc1Br. The molecule has 1 N–H and O–H groups in total. The summed E-state index contributed by atoms with van der Waals surface area (Å²) in [5.74, 6) is 0.671. The molecule has 0 bridgehead atoms. The van der Waals surface area contributed by atoms with Crippen LogP contribution >= 0.6 is 15.9 Å². The van der Waals surface area contributed by atoms with Gasteiger partial charge in [0.25, 0.3) is 0 Å². The van der Waals surface area contributed by atoms with Gasteiger partial charge in [-0.25, -0.2) is 0 Å². The Morgan fingerprint density at radius 3 is 2.62 bits per heavy atom. The van der Waals surface area contributed by atoms with Crippen LogP contribution in [0.2, 0.25) is 0 Å². The van der Waals surface area contributed by atoms with Crippen molar-refractivity contribution >= 4 is 21.6 Å². The standard InChI is InChI=1S/C15H14BrNO4/c1-9-4-3-5-13(17(19)20)15(9)21-14-7-6-11(10(2)18)8-12(14)16/h3-8,10,18H,1-2H3/t10-/m1/s1. The minimum Gasteiger partial charge on any atom is -0.449 e. The van der Waals surface area contributed by atoms with Crippen molar-refractivity contribution in [3.63, 3.8) is 0 Å². The van der Waals surface area contributed by atoms with E-state index in [4.69, 9.17) is 4.74 Å². The minimum atomic E-state index is -0.594. The molecule has 6 heteroatoms. The largest absolute Gasteiger partial charge is 0.449 e. The van der Waals surface area contributed by atoms with Gasteiger partial charge in [-0.1, -0.05) is 18.2 Å². The number of ether oxygens (including phenoxy) is 1. The normalized spacial score (nSPS) is 12.0. The molecule has 0 radical (unpaired) electrons. The monoisotopic (exact) mass is 351 g/mol. The van der Waals surface area contributed by atoms with Gasteiger partial charge >= 0.3 is 5.69 Å². The lowest BCUT2D eigenvalue weighted by molar-refractivity contribution is -0.385. The van der Waals surface area contributed by atoms with Gasteiger partial charge in [-0.3, -0.25) is 10.1 Å². The zero-order chi connectivity index (χ0) is 15.6. The molecular weight excluding hydrogens is 338 g/mol. The molecule has 0 aromatic heterocycles. The summed E-state index contributed by atoms with van der Waals surface area (Å²) in [6.07, 6.45) is -0.594. The van der Waals surface area contributed by atoms with E-state index in [-0.39, 0.29) is 11.4 Å². The number of aliphatic hydroxyl groups is 1. The number of nitro benzene ring substituents is 1. The topological polar surface area (TPSA) is 72.6 Å². The van der Waals surface area contributed by atoms with Crippen LogP contribution in [0.25, 0.3) is 0 Å². The van der Waals surface area contributed by atoms with Crippen LogP contribution in [0.5, 0.6) is 11.5 Å². The van der Waals surface area contributed by atoms with Crippen molar-refractivity contribution < 1.29 is 14.8 Å². The van der Waals surface area contributed by atoms with Crippen molar-refractivity contribution in [3.8, 4) is 11.5 Å². The highest BCUT2D eigenvalue weighted by atomic mass is 79.9. The van der Waals surface area contributed by atoms with Crippen LogP contribution in [0.3, 0.4) is 0 Å². The lowest BCUT2D eigenvalue weighted by Gasteiger charge is -2.12. The van der Waals surface area contributed by atoms with Gasteiger partial charge in [0, 0.05) is 6.07 Å². The van der Waals surface area contributed by atoms with Crippen LogP contribution in [-0.2, 0) is 0 Å². The van der Waals surface area contributed by atoms with Gasteiger partial charge in [-0.15, -0.1) is 0 Å². The van der Waals surface area contributed by atoms with E-state index < -0.39 is 11.0 Å². The summed E-state index contributed by atoms with van der Waals surface area (Å²) in [7, 11) is 0. The Balaban J connectivity index is 2.41. The van der Waals surface area contributed by atoms with E-state index in [1.165, 1.54) is 6.07 Å². The molecule has 0 saturated carbocycles. The fourth-order valence-corrected chi connectivity index (χ4v) is 2.36. The number of hydrogen-bond acceptors (Lipinski definition) is 4. The Kier molecular flexibility index (Phi) is 4.59. The number of benzene rings is 2. The summed E-state index contributed by atoms with van der Waals surface area (Å²) in [5.41, 5.74) is 1.32. The van der Waals surface area contributed by atoms with Crippen LogP contribution in [0.1, 0.15) is 24.2 Å². The van der Waals surface area contributed by atoms with Gasteiger partial charge in [-0.2, -0.15) is 0 Å². The summed E-state index contributed by atoms with van der Waals surface area (Å²) in [6.45, 7) is 3.41. The summed E-state index contributed by atoms with van der Waals surface area (Å²) in [6, 6.07) is 9.88. The third kappa shape index (κ3) is 3.40. The molecule has 0 spiro atoms. The maximum atomic E-state index is 11.1. The molecular formula is C15H14BrNO4. The minimum absolute atomic E-state index is 0.0819. The predicted octanol–water partition coefficient (Wildman–Crippen LogP) is 4.51. The Labute approximate surface area is 130 Å². The highest BCUT2D eigenvalue weighted by molar-refractivity contribution is 9.10. The Morgan fingerprint density at radius 2 is 2.05 bits per heavy atom. The van der Waals surface area contributed by atoms with Crippen molar-refractivity contribution in [2.75, 3.05) is 0 Å². The smallest absolute Gasteiger partial charge is 0.311 e. The number of halogens is 1. The molecule has 0 aliphatic heterocycles. The van der Waals surface area contributed by atoms with Crippen LogP contribution in [0.15, 0.2) is 40.9 Å². The lowest BCUT2D eigenvalue weighted by Crippen LogP contribution is -1.97. The zero-order valence-corrected chi connectivity index (χ0v) is 13.1. The molecule has 0 amide bonds. The van der Waals surface area contributed by atoms with E-state index in [0.717, 1.165) is 5.56 Å². The number of rotatable bonds is 4. The molecule has 21 heavy (non-hydrogen) atoms. The molecule has 1 atom stereocenters. The van der Waals surface area contributed by atoms with Gasteiger partial charge in [0.05, 0.1) is 15.5 Å². The molecule has 0 fully saturated rings. The second kappa shape index (κ2) is 6.24. The van der Waals surface area contributed by atoms with Gasteiger partial charge < -0.3 is 9.84 Å². The Morgan fingerprint density at radius 1 is 1.33 bits per heavy atom. The Hall–Kier alpha value is -1.92. The predicted molar refractivity (Wildman–Crippen MR) is 82.7 cm³/mol. The van der Waals surface area contributed by atoms with E-state index in [1.54, 1.807) is 44.2 Å². The number of hydrogen-bond donors (Lipinski definition) is 1. The average Bonchev–Trinajstić information content (AvgIpc) is 2.42. The Bertz CT molecular complexity index is 685. The number of aliphatic hydroxyl groups excluding tert-OH is 1. The zero-order valence-electron chi connectivity index (χ0n) is 11.5. The fourth-order valence-electron chi connectivity index (χ4n) is 1.88. The maximum Gasteiger partial charge on any atom is 0.311 e. The molecule has 110 valence electrons. The first kappa shape index (κ1) is 15.5. The number of nitrogens with zero attached hydrogens (tertiary/aromatic N) is 1. The first-order chi connectivity index (χ1) is 9.90. The summed E-state index contributed by atoms with van der Waals surface area (Å²) >= 11 is 3.35. The van der Waals surface area contributed by atoms with Gasteiger partial charge in [-0.05, 0) is 53.0 Å². The van der Waals surface area contributed by atoms with Crippen LogP contribution in [0.4, 0.5) is 5.69 Å². The molecule has 2 aromatic rings. The average molecular weight is 352 g/mol. The number of aryl methyl sites for hydroxylation is 1. The summed E-state index contributed by atoms with van der Waals surface area (Å²) in [5, 5.41) is 20.6. The van der Waals surface area contributed by atoms with Gasteiger partial charge in [0.2, 0.25) is 5.75 Å². The summed E-state index contributed by atoms with van der Waals surface area (Å²) in [4.78, 5) is 10.6. The van der Waals surface area contributed by atoms with E-state index in [9.17, 15) is 15.2 Å². The van der Waals surface area contributed by atoms with Crippen LogP contribution in [-0.4, -0.2) is 10.0 Å². The molecule has 0 unspecified atom stereocenters. The first-order valence-electron chi connectivity index (χ1n) is 6.29. The third-order valence-corrected chi connectivity index (χ3v) is 3.66. The second-order valence-electron chi connectivity index (χ2n) is 4.65. The molecule has 2 aromatic carbocycles. The first-order valence-corrected chi connectivity index (χ1v) is 7.09. The maximum absolute atomic E-state index is 11.1. The van der Waals surface area contributed by atoms with E-state index >= 15 is 0 Å². The molecule has 5 nitrogen and oxygen atoms in total. The highest BCUT2D eigenvalue weighted by Crippen LogP contribution is 2.38. The van der Waals surface area contributed by atoms with Crippen molar-refractivity contribution in [1.29, 1.82) is 0 Å². The van der Waals surface area contributed by atoms with Crippen LogP contribution < -0.4 is 4.74 Å². The third-order valence-electron chi connectivity index (χ3n) is 3.04. The lowest BCUT2D eigenvalue weighted by atomic mass is 10.1. The second-order valence-corrected chi connectivity index (χ2v) is 5.50. The molecule has 0 heterocycles. The summed E-state index contributed by atoms with van der Waals surface area (Å²) < 4.78 is 6.32. The fraction of sp³-hybridized carbons (Fsp3) is 0.200. The molecule has 0 aliphatic rings. The van der Waals surface area contributed by atoms with E-state index in [2.05, 4.69) is 15.9 Å². The van der Waals surface area contributed by atoms with Crippen molar-refractivity contribution in [3.05, 3.63) is 62.1 Å². The quantitative estimate of drug-likeness (QED) is 0.649. The van der Waals surface area contributed by atoms with E-state index in [1.807, 2.05) is 0 Å². The number of para-hydroxylation sites is 1. The van der Waals surface area contributed by atoms with Gasteiger partial charge in [0.15, 0.2) is 0 Å².